The van der Waals surface area contributed by atoms with Gasteiger partial charge in [0.05, 0.1) is 30.8 Å². The van der Waals surface area contributed by atoms with E-state index in [0.29, 0.717) is 28.0 Å². The van der Waals surface area contributed by atoms with Crippen molar-refractivity contribution in [1.82, 2.24) is 5.32 Å². The zero-order chi connectivity index (χ0) is 22.9. The first-order valence-electron chi connectivity index (χ1n) is 9.77. The SMILES string of the molecule is COc1ccc(-c2cc(=O)oc3cc(OCC(=O)NC4CS(=O)(=O)CC4O)ccc23)cc1. The van der Waals surface area contributed by atoms with E-state index in [1.807, 2.05) is 12.1 Å². The van der Waals surface area contributed by atoms with E-state index in [1.165, 1.54) is 12.1 Å². The second-order valence-electron chi connectivity index (χ2n) is 7.47. The molecule has 168 valence electrons. The van der Waals surface area contributed by atoms with Gasteiger partial charge in [-0.2, -0.15) is 0 Å². The molecule has 2 atom stereocenters. The average molecular weight is 459 g/mol. The number of nitrogens with one attached hydrogen (secondary N) is 1. The molecule has 1 aromatic heterocycles. The summed E-state index contributed by atoms with van der Waals surface area (Å²) in [7, 11) is -1.80. The van der Waals surface area contributed by atoms with E-state index in [9.17, 15) is 23.1 Å². The molecule has 10 heteroatoms. The summed E-state index contributed by atoms with van der Waals surface area (Å²) in [5, 5.41) is 12.9. The van der Waals surface area contributed by atoms with Crippen molar-refractivity contribution in [2.24, 2.45) is 0 Å². The minimum atomic E-state index is -3.37. The fraction of sp³-hybridized carbons (Fsp3) is 0.273. The molecular formula is C22H21NO8S. The van der Waals surface area contributed by atoms with Crippen molar-refractivity contribution in [1.29, 1.82) is 0 Å². The molecule has 1 aliphatic heterocycles. The van der Waals surface area contributed by atoms with Gasteiger partial charge in [-0.3, -0.25) is 4.79 Å². The van der Waals surface area contributed by atoms with Gasteiger partial charge in [-0.05, 0) is 35.4 Å². The Balaban J connectivity index is 1.50. The minimum absolute atomic E-state index is 0.290. The molecule has 0 bridgehead atoms. The Morgan fingerprint density at radius 3 is 2.50 bits per heavy atom. The number of rotatable bonds is 6. The number of carbonyl (C=O) groups is 1. The number of fused-ring (bicyclic) bond motifs is 1. The lowest BCUT2D eigenvalue weighted by Gasteiger charge is -2.15. The standard InChI is InChI=1S/C22H21NO8S/c1-29-14-4-2-13(3-5-14)17-9-22(26)31-20-8-15(6-7-16(17)20)30-10-21(25)23-18-11-32(27,28)12-19(18)24/h2-9,18-19,24H,10-12H2,1H3,(H,23,25). The first-order chi connectivity index (χ1) is 15.2. The Hall–Kier alpha value is -3.37. The minimum Gasteiger partial charge on any atom is -0.497 e. The molecule has 9 nitrogen and oxygen atoms in total. The molecule has 0 spiro atoms. The first kappa shape index (κ1) is 21.8. The van der Waals surface area contributed by atoms with Crippen LogP contribution >= 0.6 is 0 Å². The van der Waals surface area contributed by atoms with Gasteiger partial charge in [0.15, 0.2) is 16.4 Å². The van der Waals surface area contributed by atoms with Gasteiger partial charge < -0.3 is 24.3 Å². The largest absolute Gasteiger partial charge is 0.497 e. The van der Waals surface area contributed by atoms with Gasteiger partial charge in [0.1, 0.15) is 17.1 Å². The number of sulfone groups is 1. The molecule has 1 aliphatic rings. The Morgan fingerprint density at radius 2 is 1.84 bits per heavy atom. The van der Waals surface area contributed by atoms with Crippen LogP contribution in [0.1, 0.15) is 0 Å². The summed E-state index contributed by atoms with van der Waals surface area (Å²) in [6.45, 7) is -0.392. The van der Waals surface area contributed by atoms with Crippen LogP contribution in [0.15, 0.2) is 57.7 Å². The normalized spacial score (nSPS) is 19.6. The second kappa shape index (κ2) is 8.64. The number of methoxy groups -OCH3 is 1. The highest BCUT2D eigenvalue weighted by Gasteiger charge is 2.37. The number of amides is 1. The number of carbonyl (C=O) groups excluding carboxylic acids is 1. The molecule has 2 heterocycles. The first-order valence-corrected chi connectivity index (χ1v) is 11.6. The number of hydrogen-bond acceptors (Lipinski definition) is 8. The van der Waals surface area contributed by atoms with E-state index in [0.717, 1.165) is 5.56 Å². The third-order valence-electron chi connectivity index (χ3n) is 5.16. The lowest BCUT2D eigenvalue weighted by atomic mass is 10.0. The molecular weight excluding hydrogens is 438 g/mol. The predicted molar refractivity (Wildman–Crippen MR) is 117 cm³/mol. The number of aliphatic hydroxyl groups excluding tert-OH is 1. The van der Waals surface area contributed by atoms with E-state index >= 15 is 0 Å². The second-order valence-corrected chi connectivity index (χ2v) is 9.63. The van der Waals surface area contributed by atoms with Gasteiger partial charge in [-0.25, -0.2) is 13.2 Å². The van der Waals surface area contributed by atoms with E-state index < -0.39 is 40.1 Å². The van der Waals surface area contributed by atoms with Crippen molar-refractivity contribution in [3.8, 4) is 22.6 Å². The molecule has 32 heavy (non-hydrogen) atoms. The van der Waals surface area contributed by atoms with Gasteiger partial charge in [-0.15, -0.1) is 0 Å². The van der Waals surface area contributed by atoms with Crippen LogP contribution < -0.4 is 20.4 Å². The summed E-state index contributed by atoms with van der Waals surface area (Å²) in [5.41, 5.74) is 1.25. The Morgan fingerprint density at radius 1 is 1.12 bits per heavy atom. The van der Waals surface area contributed by atoms with Gasteiger partial charge >= 0.3 is 5.63 Å². The van der Waals surface area contributed by atoms with Crippen LogP contribution in [-0.4, -0.2) is 56.8 Å². The maximum Gasteiger partial charge on any atom is 0.336 e. The Bertz CT molecular complexity index is 1310. The highest BCUT2D eigenvalue weighted by atomic mass is 32.2. The number of ether oxygens (including phenoxy) is 2. The molecule has 1 fully saturated rings. The van der Waals surface area contributed by atoms with Crippen molar-refractivity contribution >= 4 is 26.7 Å². The molecule has 0 saturated carbocycles. The summed E-state index contributed by atoms with van der Waals surface area (Å²) in [6.07, 6.45) is -1.14. The number of aliphatic hydroxyl groups is 1. The van der Waals surface area contributed by atoms with Crippen LogP contribution in [0.5, 0.6) is 11.5 Å². The molecule has 2 unspecified atom stereocenters. The molecule has 0 aliphatic carbocycles. The van der Waals surface area contributed by atoms with Gasteiger partial charge in [-0.1, -0.05) is 12.1 Å². The summed E-state index contributed by atoms with van der Waals surface area (Å²) < 4.78 is 39.0. The summed E-state index contributed by atoms with van der Waals surface area (Å²) in [6, 6.07) is 12.6. The molecule has 2 N–H and O–H groups in total. The topological polar surface area (TPSA) is 132 Å². The highest BCUT2D eigenvalue weighted by molar-refractivity contribution is 7.91. The van der Waals surface area contributed by atoms with E-state index in [2.05, 4.69) is 5.32 Å². The van der Waals surface area contributed by atoms with Crippen LogP contribution in [0, 0.1) is 0 Å². The molecule has 3 aromatic rings. The van der Waals surface area contributed by atoms with Crippen LogP contribution in [-0.2, 0) is 14.6 Å². The molecule has 0 radical (unpaired) electrons. The van der Waals surface area contributed by atoms with Crippen LogP contribution in [0.2, 0.25) is 0 Å². The fourth-order valence-electron chi connectivity index (χ4n) is 3.61. The highest BCUT2D eigenvalue weighted by Crippen LogP contribution is 2.30. The summed E-state index contributed by atoms with van der Waals surface area (Å²) in [4.78, 5) is 24.2. The molecule has 1 amide bonds. The smallest absolute Gasteiger partial charge is 0.336 e. The number of benzene rings is 2. The van der Waals surface area contributed by atoms with Crippen LogP contribution in [0.4, 0.5) is 0 Å². The van der Waals surface area contributed by atoms with Crippen molar-refractivity contribution in [3.05, 3.63) is 59.0 Å². The van der Waals surface area contributed by atoms with Crippen molar-refractivity contribution < 1.29 is 32.2 Å². The Labute approximate surface area is 183 Å². The monoisotopic (exact) mass is 459 g/mol. The lowest BCUT2D eigenvalue weighted by molar-refractivity contribution is -0.124. The zero-order valence-electron chi connectivity index (χ0n) is 17.1. The molecule has 1 saturated heterocycles. The van der Waals surface area contributed by atoms with Crippen LogP contribution in [0.3, 0.4) is 0 Å². The van der Waals surface area contributed by atoms with Gasteiger partial charge in [0, 0.05) is 17.5 Å². The van der Waals surface area contributed by atoms with Crippen LogP contribution in [0.25, 0.3) is 22.1 Å². The quantitative estimate of drug-likeness (QED) is 0.524. The van der Waals surface area contributed by atoms with Crippen molar-refractivity contribution in [2.45, 2.75) is 12.1 Å². The van der Waals surface area contributed by atoms with Gasteiger partial charge in [0.2, 0.25) is 0 Å². The third-order valence-corrected chi connectivity index (χ3v) is 6.87. The van der Waals surface area contributed by atoms with Crippen molar-refractivity contribution in [3.63, 3.8) is 0 Å². The Kier molecular flexibility index (Phi) is 5.90. The third kappa shape index (κ3) is 4.76. The van der Waals surface area contributed by atoms with E-state index in [4.69, 9.17) is 13.9 Å². The van der Waals surface area contributed by atoms with Gasteiger partial charge in [0.25, 0.3) is 5.91 Å². The maximum absolute atomic E-state index is 12.1. The lowest BCUT2D eigenvalue weighted by Crippen LogP contribution is -2.44. The molecule has 4 rings (SSSR count). The van der Waals surface area contributed by atoms with E-state index in [1.54, 1.807) is 31.4 Å². The summed E-state index contributed by atoms with van der Waals surface area (Å²) in [5.74, 6) is -0.270. The fourth-order valence-corrected chi connectivity index (χ4v) is 5.35. The predicted octanol–water partition coefficient (Wildman–Crippen LogP) is 1.12. The average Bonchev–Trinajstić information content (AvgIpc) is 3.02. The van der Waals surface area contributed by atoms with E-state index in [-0.39, 0.29) is 11.5 Å². The summed E-state index contributed by atoms with van der Waals surface area (Å²) >= 11 is 0. The molecule has 2 aromatic carbocycles. The van der Waals surface area contributed by atoms with Crippen molar-refractivity contribution in [2.75, 3.05) is 25.2 Å². The number of hydrogen-bond donors (Lipinski definition) is 2. The zero-order valence-corrected chi connectivity index (χ0v) is 17.9. The maximum atomic E-state index is 12.1.